The molecule has 0 bridgehead atoms. The van der Waals surface area contributed by atoms with Crippen LogP contribution in [0.4, 0.5) is 0 Å². The molecule has 48 nitrogen and oxygen atoms in total. The highest BCUT2D eigenvalue weighted by Gasteiger charge is 2.60. The molecule has 2 amide bonds. The summed E-state index contributed by atoms with van der Waals surface area (Å²) in [6, 6.07) is -3.56. The maximum Gasteiger partial charge on any atom is 0.217 e. The van der Waals surface area contributed by atoms with Gasteiger partial charge in [-0.25, -0.2) is 0 Å². The molecule has 0 radical (unpaired) electrons. The van der Waals surface area contributed by atoms with Crippen LogP contribution >= 0.6 is 0 Å². The molecule has 0 aromatic heterocycles. The number of nitrogens with one attached hydrogen (secondary N) is 2. The topological polar surface area (TPSA) is 761 Å². The van der Waals surface area contributed by atoms with Gasteiger partial charge in [-0.3, -0.25) is 9.59 Å². The Morgan fingerprint density at radius 3 is 0.906 bits per heavy atom. The summed E-state index contributed by atoms with van der Waals surface area (Å²) in [6.45, 7) is -7.77. The normalized spacial score (nSPS) is 51.2. The minimum atomic E-state index is -2.55. The van der Waals surface area contributed by atoms with Crippen molar-refractivity contribution in [2.45, 2.75) is 290 Å². The summed E-state index contributed by atoms with van der Waals surface area (Å²) in [4.78, 5) is 25.0. The first kappa shape index (κ1) is 87.2. The molecule has 0 aromatic rings. The predicted molar refractivity (Wildman–Crippen MR) is 320 cm³/mol. The molecule has 45 atom stereocenters. The second-order valence-electron chi connectivity index (χ2n) is 26.7. The quantitative estimate of drug-likeness (QED) is 0.0363. The average molecular weight is 1560 g/mol. The summed E-state index contributed by atoms with van der Waals surface area (Å²) in [5, 5.41) is 301. The summed E-state index contributed by atoms with van der Waals surface area (Å²) in [5.74, 6) is -1.72. The zero-order valence-corrected chi connectivity index (χ0v) is 56.2. The maximum atomic E-state index is 12.9. The van der Waals surface area contributed by atoms with Crippen LogP contribution < -0.4 is 10.6 Å². The number of aliphatic hydroxyl groups excluding tert-OH is 27. The van der Waals surface area contributed by atoms with E-state index in [0.29, 0.717) is 0 Å². The Bertz CT molecular complexity index is 2710. The molecular weight excluding hydrogens is 1460 g/mol. The Labute approximate surface area is 598 Å². The Morgan fingerprint density at radius 2 is 0.509 bits per heavy atom. The third kappa shape index (κ3) is 18.7. The van der Waals surface area contributed by atoms with Gasteiger partial charge in [-0.1, -0.05) is 0 Å². The van der Waals surface area contributed by atoms with Crippen molar-refractivity contribution >= 4 is 11.8 Å². The van der Waals surface area contributed by atoms with Gasteiger partial charge in [0.2, 0.25) is 11.8 Å². The van der Waals surface area contributed by atoms with E-state index in [9.17, 15) is 147 Å². The van der Waals surface area contributed by atoms with Gasteiger partial charge in [-0.05, 0) is 0 Å². The van der Waals surface area contributed by atoms with E-state index in [1.165, 1.54) is 0 Å². The number of hydrogen-bond donors (Lipinski definition) is 29. The standard InChI is InChI=1S/C58H98N2O46/c1-12(68)59-23-32(77)44(19(8-66)92-50(23)89)101-51-24(60-13(2)69)33(78)45(20(9-67)98-51)102-56-43(88)47(104-58-49(38(83)29(74)18(7-65)97-58)106-55-41(86)36(81)27(72)16(5-63)95-55)31(76)22(100-56)11-91-53-42(87)46(30(75)21(99-53)10-90-52-39(84)34(79)25(70)14(3-61)93-52)103-57-48(37(82)28(73)17(6-64)96-57)105-54-40(85)35(80)26(71)15(4-62)94-54/h14-58,61-67,70-89H,3-11H2,1-2H3,(H,59,68)(H,60,69)/t14-,15-,16-,17-,18-,19-,20-,21-,22-,23-,24-,25-,26-,27-,28-,29-,30-,31-,32-,33-,34+,35+,36+,37+,38+,39+,40+,41+,42+,43+,44-,45-,46+,47+,48+,49+,50-,51+,52+,53+,54-,55-,56+,57-,58-/m1/s1. The van der Waals surface area contributed by atoms with Gasteiger partial charge >= 0.3 is 0 Å². The molecule has 9 rings (SSSR count). The first-order valence-electron chi connectivity index (χ1n) is 33.7. The Kier molecular flexibility index (Phi) is 31.1. The van der Waals surface area contributed by atoms with E-state index in [4.69, 9.17) is 80.5 Å². The van der Waals surface area contributed by atoms with Crippen molar-refractivity contribution in [1.82, 2.24) is 10.6 Å². The molecule has 0 spiro atoms. The lowest BCUT2D eigenvalue weighted by Gasteiger charge is -2.51. The smallest absolute Gasteiger partial charge is 0.217 e. The van der Waals surface area contributed by atoms with Crippen molar-refractivity contribution in [2.75, 3.05) is 59.5 Å². The van der Waals surface area contributed by atoms with Crippen LogP contribution in [0.1, 0.15) is 13.8 Å². The zero-order chi connectivity index (χ0) is 77.9. The second-order valence-corrected chi connectivity index (χ2v) is 26.7. The predicted octanol–water partition coefficient (Wildman–Crippen LogP) is -20.3. The Morgan fingerprint density at radius 1 is 0.245 bits per heavy atom. The minimum absolute atomic E-state index is 0.785. The average Bonchev–Trinajstić information content (AvgIpc) is 0.763. The molecule has 0 aliphatic carbocycles. The number of carbonyl (C=O) groups excluding carboxylic acids is 2. The van der Waals surface area contributed by atoms with Gasteiger partial charge < -0.3 is 229 Å². The third-order valence-electron chi connectivity index (χ3n) is 19.5. The van der Waals surface area contributed by atoms with Crippen LogP contribution in [0.15, 0.2) is 0 Å². The summed E-state index contributed by atoms with van der Waals surface area (Å²) >= 11 is 0. The molecule has 9 heterocycles. The highest BCUT2D eigenvalue weighted by Crippen LogP contribution is 2.39. The fourth-order valence-corrected chi connectivity index (χ4v) is 13.5. The molecule has 106 heavy (non-hydrogen) atoms. The van der Waals surface area contributed by atoms with Crippen LogP contribution in [0.3, 0.4) is 0 Å². The Hall–Kier alpha value is -2.82. The number of rotatable bonds is 27. The minimum Gasteiger partial charge on any atom is -0.394 e. The molecule has 0 aromatic carbocycles. The summed E-state index contributed by atoms with van der Waals surface area (Å²) in [5.41, 5.74) is 0. The van der Waals surface area contributed by atoms with Gasteiger partial charge in [0.05, 0.1) is 59.5 Å². The van der Waals surface area contributed by atoms with Gasteiger partial charge in [0, 0.05) is 13.8 Å². The summed E-state index contributed by atoms with van der Waals surface area (Å²) < 4.78 is 98.9. The van der Waals surface area contributed by atoms with E-state index in [-0.39, 0.29) is 0 Å². The Balaban J connectivity index is 1.06. The molecule has 616 valence electrons. The summed E-state index contributed by atoms with van der Waals surface area (Å²) in [6.07, 6.45) is -90.8. The fraction of sp³-hybridized carbons (Fsp3) is 0.966. The van der Waals surface area contributed by atoms with Crippen molar-refractivity contribution < 1.29 is 228 Å². The molecule has 48 heteroatoms. The first-order valence-corrected chi connectivity index (χ1v) is 33.7. The highest BCUT2D eigenvalue weighted by atomic mass is 16.8. The van der Waals surface area contributed by atoms with E-state index < -0.39 is 348 Å². The van der Waals surface area contributed by atoms with E-state index in [0.717, 1.165) is 13.8 Å². The van der Waals surface area contributed by atoms with Gasteiger partial charge in [-0.15, -0.1) is 0 Å². The van der Waals surface area contributed by atoms with E-state index in [1.807, 2.05) is 0 Å². The van der Waals surface area contributed by atoms with E-state index in [2.05, 4.69) is 10.6 Å². The third-order valence-corrected chi connectivity index (χ3v) is 19.5. The van der Waals surface area contributed by atoms with Crippen molar-refractivity contribution in [3.05, 3.63) is 0 Å². The number of hydrogen-bond acceptors (Lipinski definition) is 46. The van der Waals surface area contributed by atoms with Crippen molar-refractivity contribution in [2.24, 2.45) is 0 Å². The summed E-state index contributed by atoms with van der Waals surface area (Å²) in [7, 11) is 0. The SMILES string of the molecule is CC(=O)N[C@@H]1[C@@H](O)[C@H](O[C@@H]2O[C@H](CO)[C@@H](O[C@@H]3O[C@H](CO[C@H]4O[C@H](CO[C@H]5O[C@H](CO)[C@@H](O)[C@H](O)[C@@H]5O)[C@@H](O)[C@H](O[C@H]5O[C@H](CO)[C@@H](O)[C@H](O)[C@@H]5O[C@H]5O[C@H](CO)[C@@H](O)[C@H](O)[C@@H]5O)[C@@H]4O)[C@@H](O)[C@H](O[C@H]4O[C@H](CO)[C@@H](O)[C@H](O)[C@@H]4O[C@H]4O[C@H](CO)[C@@H](O)[C@H](O)[C@@H]4O)[C@@H]3O)[C@H](O)[C@H]2NC(C)=O)[C@@H](CO)O[C@H]1O. The van der Waals surface area contributed by atoms with Crippen LogP contribution in [0, 0.1) is 0 Å². The van der Waals surface area contributed by atoms with Crippen molar-refractivity contribution in [3.63, 3.8) is 0 Å². The van der Waals surface area contributed by atoms with E-state index >= 15 is 0 Å². The zero-order valence-electron chi connectivity index (χ0n) is 56.2. The number of amides is 2. The molecule has 29 N–H and O–H groups in total. The van der Waals surface area contributed by atoms with Crippen LogP contribution in [0.5, 0.6) is 0 Å². The van der Waals surface area contributed by atoms with Crippen LogP contribution in [-0.2, 0) is 90.1 Å². The molecular formula is C58H98N2O46. The van der Waals surface area contributed by atoms with Gasteiger partial charge in [0.25, 0.3) is 0 Å². The molecule has 9 aliphatic rings. The molecule has 9 aliphatic heterocycles. The molecule has 9 saturated heterocycles. The van der Waals surface area contributed by atoms with Crippen LogP contribution in [-0.4, -0.2) is 485 Å². The van der Waals surface area contributed by atoms with Gasteiger partial charge in [0.15, 0.2) is 56.6 Å². The number of ether oxygens (including phenoxy) is 17. The highest BCUT2D eigenvalue weighted by molar-refractivity contribution is 5.73. The fourth-order valence-electron chi connectivity index (χ4n) is 13.5. The van der Waals surface area contributed by atoms with Gasteiger partial charge in [0.1, 0.15) is 220 Å². The lowest BCUT2D eigenvalue weighted by molar-refractivity contribution is -0.401. The van der Waals surface area contributed by atoms with Crippen LogP contribution in [0.25, 0.3) is 0 Å². The molecule has 0 unspecified atom stereocenters. The molecule has 0 saturated carbocycles. The monoisotopic (exact) mass is 1560 g/mol. The lowest BCUT2D eigenvalue weighted by atomic mass is 9.94. The van der Waals surface area contributed by atoms with Gasteiger partial charge in [-0.2, -0.15) is 0 Å². The second kappa shape index (κ2) is 37.9. The number of aliphatic hydroxyl groups is 27. The lowest BCUT2D eigenvalue weighted by Crippen LogP contribution is -2.70. The largest absolute Gasteiger partial charge is 0.394 e. The van der Waals surface area contributed by atoms with Crippen molar-refractivity contribution in [3.8, 4) is 0 Å². The maximum absolute atomic E-state index is 12.9. The number of carbonyl (C=O) groups is 2. The molecule has 9 fully saturated rings. The van der Waals surface area contributed by atoms with Crippen molar-refractivity contribution in [1.29, 1.82) is 0 Å². The first-order chi connectivity index (χ1) is 50.2. The van der Waals surface area contributed by atoms with E-state index in [1.54, 1.807) is 0 Å². The van der Waals surface area contributed by atoms with Crippen LogP contribution in [0.2, 0.25) is 0 Å².